The van der Waals surface area contributed by atoms with Gasteiger partial charge in [0, 0.05) is 23.8 Å². The number of nitrogens with zero attached hydrogens (tertiary/aromatic N) is 1. The molecular weight excluding hydrogens is 286 g/mol. The molecule has 1 aromatic rings. The molecule has 5 heteroatoms. The van der Waals surface area contributed by atoms with Crippen LogP contribution in [-0.4, -0.2) is 32.1 Å². The van der Waals surface area contributed by atoms with E-state index < -0.39 is 5.91 Å². The van der Waals surface area contributed by atoms with Gasteiger partial charge in [-0.1, -0.05) is 18.5 Å². The summed E-state index contributed by atoms with van der Waals surface area (Å²) < 4.78 is 0. The molecule has 21 heavy (non-hydrogen) atoms. The Balaban J connectivity index is 2.22. The van der Waals surface area contributed by atoms with E-state index in [1.807, 2.05) is 12.1 Å². The number of rotatable bonds is 6. The van der Waals surface area contributed by atoms with E-state index in [0.717, 1.165) is 38.3 Å². The summed E-state index contributed by atoms with van der Waals surface area (Å²) in [5, 5.41) is 3.93. The zero-order valence-corrected chi connectivity index (χ0v) is 13.3. The van der Waals surface area contributed by atoms with Crippen LogP contribution in [0.3, 0.4) is 0 Å². The Morgan fingerprint density at radius 3 is 2.76 bits per heavy atom. The molecule has 1 amide bonds. The van der Waals surface area contributed by atoms with Crippen molar-refractivity contribution in [1.29, 1.82) is 0 Å². The van der Waals surface area contributed by atoms with Gasteiger partial charge in [0.25, 0.3) is 5.91 Å². The second-order valence-corrected chi connectivity index (χ2v) is 6.10. The molecule has 3 N–H and O–H groups in total. The third-order valence-corrected chi connectivity index (χ3v) is 4.23. The lowest BCUT2D eigenvalue weighted by atomic mass is 9.96. The van der Waals surface area contributed by atoms with E-state index in [4.69, 9.17) is 17.3 Å². The first-order valence-electron chi connectivity index (χ1n) is 7.66. The average Bonchev–Trinajstić information content (AvgIpc) is 2.48. The van der Waals surface area contributed by atoms with Crippen molar-refractivity contribution in [3.05, 3.63) is 28.8 Å². The van der Waals surface area contributed by atoms with Crippen LogP contribution in [0.15, 0.2) is 18.2 Å². The lowest BCUT2D eigenvalue weighted by Gasteiger charge is -2.32. The number of hydrogen-bond donors (Lipinski definition) is 2. The highest BCUT2D eigenvalue weighted by Crippen LogP contribution is 2.26. The van der Waals surface area contributed by atoms with Gasteiger partial charge in [-0.3, -0.25) is 4.79 Å². The Morgan fingerprint density at radius 1 is 1.43 bits per heavy atom. The minimum atomic E-state index is -0.418. The predicted molar refractivity (Wildman–Crippen MR) is 88.1 cm³/mol. The van der Waals surface area contributed by atoms with E-state index in [0.29, 0.717) is 16.5 Å². The minimum Gasteiger partial charge on any atom is -0.371 e. The monoisotopic (exact) mass is 309 g/mol. The second kappa shape index (κ2) is 7.66. The van der Waals surface area contributed by atoms with Gasteiger partial charge in [0.15, 0.2) is 0 Å². The highest BCUT2D eigenvalue weighted by molar-refractivity contribution is 6.31. The van der Waals surface area contributed by atoms with Crippen molar-refractivity contribution in [2.24, 2.45) is 11.7 Å². The maximum absolute atomic E-state index is 11.7. The summed E-state index contributed by atoms with van der Waals surface area (Å²) in [4.78, 5) is 14.0. The molecule has 1 aromatic carbocycles. The fourth-order valence-electron chi connectivity index (χ4n) is 2.94. The van der Waals surface area contributed by atoms with Gasteiger partial charge in [0.2, 0.25) is 0 Å². The average molecular weight is 310 g/mol. The van der Waals surface area contributed by atoms with E-state index >= 15 is 0 Å². The topological polar surface area (TPSA) is 58.4 Å². The van der Waals surface area contributed by atoms with Crippen molar-refractivity contribution in [3.8, 4) is 0 Å². The zero-order chi connectivity index (χ0) is 15.2. The molecule has 4 nitrogen and oxygen atoms in total. The molecule has 0 bridgehead atoms. The normalized spacial score (nSPS) is 15.9. The van der Waals surface area contributed by atoms with Crippen LogP contribution < -0.4 is 16.0 Å². The molecule has 1 aliphatic rings. The summed E-state index contributed by atoms with van der Waals surface area (Å²) in [6.07, 6.45) is 3.39. The molecule has 1 heterocycles. The Bertz CT molecular complexity index is 486. The first-order valence-corrected chi connectivity index (χ1v) is 8.04. The van der Waals surface area contributed by atoms with E-state index in [1.165, 1.54) is 12.8 Å². The summed E-state index contributed by atoms with van der Waals surface area (Å²) in [6, 6.07) is 5.41. The van der Waals surface area contributed by atoms with Crippen LogP contribution in [0.5, 0.6) is 0 Å². The van der Waals surface area contributed by atoms with E-state index in [9.17, 15) is 4.79 Å². The molecule has 1 saturated heterocycles. The van der Waals surface area contributed by atoms with Gasteiger partial charge in [0.1, 0.15) is 0 Å². The van der Waals surface area contributed by atoms with Crippen LogP contribution in [0.2, 0.25) is 5.02 Å². The quantitative estimate of drug-likeness (QED) is 0.849. The van der Waals surface area contributed by atoms with Gasteiger partial charge in [-0.25, -0.2) is 0 Å². The van der Waals surface area contributed by atoms with Crippen molar-refractivity contribution in [3.63, 3.8) is 0 Å². The number of carbonyl (C=O) groups excluding carboxylic acids is 1. The van der Waals surface area contributed by atoms with Crippen molar-refractivity contribution in [1.82, 2.24) is 5.32 Å². The molecule has 0 radical (unpaired) electrons. The number of piperidine rings is 1. The maximum atomic E-state index is 11.7. The van der Waals surface area contributed by atoms with Crippen LogP contribution in [0.1, 0.15) is 36.5 Å². The molecule has 0 atom stereocenters. The molecule has 0 saturated carbocycles. The van der Waals surface area contributed by atoms with Crippen molar-refractivity contribution in [2.75, 3.05) is 31.1 Å². The number of carbonyl (C=O) groups is 1. The SMILES string of the molecule is CCCN(CC1CCNCC1)c1ccc(Cl)cc1C(N)=O. The molecule has 0 aliphatic carbocycles. The Labute approximate surface area is 131 Å². The smallest absolute Gasteiger partial charge is 0.250 e. The standard InChI is InChI=1S/C16H24ClN3O/c1-2-9-20(11-12-5-7-19-8-6-12)15-4-3-13(17)10-14(15)16(18)21/h3-4,10,12,19H,2,5-9,11H2,1H3,(H2,18,21). The lowest BCUT2D eigenvalue weighted by Crippen LogP contribution is -2.37. The van der Waals surface area contributed by atoms with Crippen LogP contribution in [0, 0.1) is 5.92 Å². The minimum absolute atomic E-state index is 0.418. The highest BCUT2D eigenvalue weighted by atomic mass is 35.5. The lowest BCUT2D eigenvalue weighted by molar-refractivity contribution is 0.100. The molecular formula is C16H24ClN3O. The van der Waals surface area contributed by atoms with E-state index in [-0.39, 0.29) is 0 Å². The summed E-state index contributed by atoms with van der Waals surface area (Å²) in [7, 11) is 0. The number of primary amides is 1. The largest absolute Gasteiger partial charge is 0.371 e. The second-order valence-electron chi connectivity index (χ2n) is 5.67. The molecule has 116 valence electrons. The fraction of sp³-hybridized carbons (Fsp3) is 0.562. The van der Waals surface area contributed by atoms with Crippen LogP contribution in [-0.2, 0) is 0 Å². The summed E-state index contributed by atoms with van der Waals surface area (Å²) in [5.74, 6) is 0.244. The van der Waals surface area contributed by atoms with Crippen molar-refractivity contribution >= 4 is 23.2 Å². The third-order valence-electron chi connectivity index (χ3n) is 4.00. The van der Waals surface area contributed by atoms with E-state index in [1.54, 1.807) is 6.07 Å². The fourth-order valence-corrected chi connectivity index (χ4v) is 3.11. The summed E-state index contributed by atoms with van der Waals surface area (Å²) >= 11 is 6.00. The van der Waals surface area contributed by atoms with Crippen molar-refractivity contribution in [2.45, 2.75) is 26.2 Å². The molecule has 1 fully saturated rings. The van der Waals surface area contributed by atoms with Crippen LogP contribution >= 0.6 is 11.6 Å². The summed E-state index contributed by atoms with van der Waals surface area (Å²) in [6.45, 7) is 6.19. The maximum Gasteiger partial charge on any atom is 0.250 e. The number of halogens is 1. The number of anilines is 1. The zero-order valence-electron chi connectivity index (χ0n) is 12.6. The van der Waals surface area contributed by atoms with Gasteiger partial charge >= 0.3 is 0 Å². The summed E-state index contributed by atoms with van der Waals surface area (Å²) in [5.41, 5.74) is 6.94. The molecule has 0 unspecified atom stereocenters. The Kier molecular flexibility index (Phi) is 5.88. The van der Waals surface area contributed by atoms with E-state index in [2.05, 4.69) is 17.1 Å². The molecule has 2 rings (SSSR count). The Morgan fingerprint density at radius 2 is 2.14 bits per heavy atom. The number of amides is 1. The van der Waals surface area contributed by atoms with Gasteiger partial charge < -0.3 is 16.0 Å². The first-order chi connectivity index (χ1) is 10.1. The van der Waals surface area contributed by atoms with Gasteiger partial charge in [-0.15, -0.1) is 0 Å². The van der Waals surface area contributed by atoms with Crippen LogP contribution in [0.25, 0.3) is 0 Å². The van der Waals surface area contributed by atoms with Crippen molar-refractivity contribution < 1.29 is 4.79 Å². The number of hydrogen-bond acceptors (Lipinski definition) is 3. The van der Waals surface area contributed by atoms with Gasteiger partial charge in [-0.2, -0.15) is 0 Å². The first kappa shape index (κ1) is 16.1. The predicted octanol–water partition coefficient (Wildman–Crippen LogP) is 2.65. The number of nitrogens with two attached hydrogens (primary N) is 1. The number of benzene rings is 1. The van der Waals surface area contributed by atoms with Gasteiger partial charge in [0.05, 0.1) is 5.56 Å². The van der Waals surface area contributed by atoms with Crippen LogP contribution in [0.4, 0.5) is 5.69 Å². The molecule has 0 spiro atoms. The number of nitrogens with one attached hydrogen (secondary N) is 1. The van der Waals surface area contributed by atoms with Gasteiger partial charge in [-0.05, 0) is 56.5 Å². The Hall–Kier alpha value is -1.26. The highest BCUT2D eigenvalue weighted by Gasteiger charge is 2.20. The molecule has 0 aromatic heterocycles. The third kappa shape index (κ3) is 4.35. The molecule has 1 aliphatic heterocycles.